The van der Waals surface area contributed by atoms with Gasteiger partial charge in [0, 0.05) is 5.56 Å². The number of hydrogen-bond donors (Lipinski definition) is 0. The van der Waals surface area contributed by atoms with E-state index in [1.54, 1.807) is 6.07 Å². The predicted octanol–water partition coefficient (Wildman–Crippen LogP) is 8.05. The monoisotopic (exact) mass is 398 g/mol. The molecule has 0 spiro atoms. The van der Waals surface area contributed by atoms with Crippen LogP contribution < -0.4 is 4.74 Å². The molecule has 1 fully saturated rings. The highest BCUT2D eigenvalue weighted by Crippen LogP contribution is 2.38. The van der Waals surface area contributed by atoms with Crippen molar-refractivity contribution in [3.63, 3.8) is 0 Å². The van der Waals surface area contributed by atoms with Crippen molar-refractivity contribution in [3.05, 3.63) is 66.3 Å². The summed E-state index contributed by atoms with van der Waals surface area (Å²) in [6.45, 7) is 5.92. The van der Waals surface area contributed by atoms with Crippen LogP contribution in [0.4, 0.5) is 8.78 Å². The van der Waals surface area contributed by atoms with Crippen LogP contribution in [0.1, 0.15) is 69.8 Å². The number of hydrogen-bond acceptors (Lipinski definition) is 1. The number of unbranched alkanes of at least 4 members (excludes halogenated alkanes) is 2. The summed E-state index contributed by atoms with van der Waals surface area (Å²) in [4.78, 5) is 0. The van der Waals surface area contributed by atoms with Crippen molar-refractivity contribution < 1.29 is 13.5 Å². The van der Waals surface area contributed by atoms with E-state index in [-0.39, 0.29) is 17.9 Å². The van der Waals surface area contributed by atoms with E-state index in [1.807, 2.05) is 12.1 Å². The highest BCUT2D eigenvalue weighted by molar-refractivity contribution is 5.65. The summed E-state index contributed by atoms with van der Waals surface area (Å²) >= 11 is 0. The fourth-order valence-electron chi connectivity index (χ4n) is 4.42. The lowest BCUT2D eigenvalue weighted by Crippen LogP contribution is -2.13. The molecule has 0 aromatic heterocycles. The van der Waals surface area contributed by atoms with E-state index in [0.717, 1.165) is 5.92 Å². The van der Waals surface area contributed by atoms with Crippen molar-refractivity contribution in [2.75, 3.05) is 6.61 Å². The maximum absolute atomic E-state index is 14.5. The Balaban J connectivity index is 1.64. The molecule has 3 rings (SSSR count). The number of halogens is 2. The van der Waals surface area contributed by atoms with E-state index in [0.29, 0.717) is 11.5 Å². The van der Waals surface area contributed by atoms with Gasteiger partial charge in [0.15, 0.2) is 11.6 Å². The molecule has 1 saturated carbocycles. The van der Waals surface area contributed by atoms with Crippen LogP contribution in [0.15, 0.2) is 49.1 Å². The minimum atomic E-state index is -0.949. The Hall–Kier alpha value is -2.16. The smallest absolute Gasteiger partial charge is 0.201 e. The highest BCUT2D eigenvalue weighted by atomic mass is 19.2. The Morgan fingerprint density at radius 3 is 2.34 bits per heavy atom. The zero-order chi connectivity index (χ0) is 20.6. The maximum atomic E-state index is 14.5. The Morgan fingerprint density at radius 1 is 0.966 bits per heavy atom. The Bertz CT molecular complexity index is 789. The minimum Gasteiger partial charge on any atom is -0.486 e. The van der Waals surface area contributed by atoms with Crippen molar-refractivity contribution in [1.82, 2.24) is 0 Å². The molecular formula is C26H32F2O. The molecule has 0 bridgehead atoms. The topological polar surface area (TPSA) is 9.23 Å². The van der Waals surface area contributed by atoms with Crippen LogP contribution in [0.3, 0.4) is 0 Å². The first-order chi connectivity index (χ1) is 14.1. The molecule has 156 valence electrons. The molecule has 0 atom stereocenters. The molecule has 0 aliphatic heterocycles. The van der Waals surface area contributed by atoms with Gasteiger partial charge in [-0.3, -0.25) is 0 Å². The van der Waals surface area contributed by atoms with Gasteiger partial charge in [0.1, 0.15) is 6.61 Å². The summed E-state index contributed by atoms with van der Waals surface area (Å²) in [5, 5.41) is 0. The third kappa shape index (κ3) is 5.46. The van der Waals surface area contributed by atoms with Crippen LogP contribution >= 0.6 is 0 Å². The molecule has 0 amide bonds. The molecule has 1 nitrogen and oxygen atoms in total. The zero-order valence-corrected chi connectivity index (χ0v) is 17.4. The van der Waals surface area contributed by atoms with Gasteiger partial charge in [-0.15, -0.1) is 0 Å². The van der Waals surface area contributed by atoms with Crippen LogP contribution in [0.2, 0.25) is 0 Å². The van der Waals surface area contributed by atoms with Gasteiger partial charge in [-0.05, 0) is 60.8 Å². The van der Waals surface area contributed by atoms with Crippen LogP contribution in [0.5, 0.6) is 5.75 Å². The standard InChI is InChI=1S/C26H32F2O/c1-3-5-6-7-19-8-10-20(11-9-19)21-12-14-22(15-13-21)23-16-17-24(29-18-4-2)26(28)25(23)27/h4,12-17,19-20H,2-3,5-11,18H2,1H3. The van der Waals surface area contributed by atoms with E-state index in [4.69, 9.17) is 4.74 Å². The summed E-state index contributed by atoms with van der Waals surface area (Å²) in [7, 11) is 0. The summed E-state index contributed by atoms with van der Waals surface area (Å²) in [6.07, 6.45) is 11.9. The van der Waals surface area contributed by atoms with E-state index in [2.05, 4.69) is 25.6 Å². The summed E-state index contributed by atoms with van der Waals surface area (Å²) in [5.74, 6) is -0.432. The van der Waals surface area contributed by atoms with Gasteiger partial charge >= 0.3 is 0 Å². The SMILES string of the molecule is C=CCOc1ccc(-c2ccc(C3CCC(CCCCC)CC3)cc2)c(F)c1F. The van der Waals surface area contributed by atoms with E-state index in [1.165, 1.54) is 69.1 Å². The first kappa shape index (κ1) is 21.5. The maximum Gasteiger partial charge on any atom is 0.201 e. The molecule has 0 saturated heterocycles. The lowest BCUT2D eigenvalue weighted by atomic mass is 9.77. The van der Waals surface area contributed by atoms with Gasteiger partial charge in [-0.2, -0.15) is 4.39 Å². The second-order valence-electron chi connectivity index (χ2n) is 8.17. The van der Waals surface area contributed by atoms with Gasteiger partial charge in [-0.1, -0.05) is 69.5 Å². The fraction of sp³-hybridized carbons (Fsp3) is 0.462. The van der Waals surface area contributed by atoms with Gasteiger partial charge in [0.05, 0.1) is 0 Å². The lowest BCUT2D eigenvalue weighted by Gasteiger charge is -2.29. The predicted molar refractivity (Wildman–Crippen MR) is 116 cm³/mol. The number of rotatable bonds is 9. The number of ether oxygens (including phenoxy) is 1. The Labute approximate surface area is 173 Å². The number of benzene rings is 2. The molecule has 0 unspecified atom stereocenters. The fourth-order valence-corrected chi connectivity index (χ4v) is 4.42. The van der Waals surface area contributed by atoms with Gasteiger partial charge in [0.2, 0.25) is 5.82 Å². The quantitative estimate of drug-likeness (QED) is 0.307. The average molecular weight is 399 g/mol. The van der Waals surface area contributed by atoms with Crippen molar-refractivity contribution in [1.29, 1.82) is 0 Å². The average Bonchev–Trinajstić information content (AvgIpc) is 2.76. The third-order valence-electron chi connectivity index (χ3n) is 6.16. The summed E-state index contributed by atoms with van der Waals surface area (Å²) in [5.41, 5.74) is 2.26. The second kappa shape index (κ2) is 10.6. The van der Waals surface area contributed by atoms with Gasteiger partial charge in [-0.25, -0.2) is 4.39 Å². The Kier molecular flexibility index (Phi) is 7.85. The zero-order valence-electron chi connectivity index (χ0n) is 17.4. The molecule has 0 N–H and O–H groups in total. The first-order valence-corrected chi connectivity index (χ1v) is 11.0. The van der Waals surface area contributed by atoms with Crippen LogP contribution in [0.25, 0.3) is 11.1 Å². The van der Waals surface area contributed by atoms with Gasteiger partial charge in [0.25, 0.3) is 0 Å². The summed E-state index contributed by atoms with van der Waals surface area (Å²) < 4.78 is 33.9. The van der Waals surface area contributed by atoms with E-state index in [9.17, 15) is 8.78 Å². The Morgan fingerprint density at radius 2 is 1.69 bits per heavy atom. The first-order valence-electron chi connectivity index (χ1n) is 11.0. The minimum absolute atomic E-state index is 0.0848. The van der Waals surface area contributed by atoms with Crippen molar-refractivity contribution in [2.45, 2.75) is 64.2 Å². The second-order valence-corrected chi connectivity index (χ2v) is 8.17. The molecule has 1 aliphatic carbocycles. The highest BCUT2D eigenvalue weighted by Gasteiger charge is 2.22. The van der Waals surface area contributed by atoms with Crippen LogP contribution in [-0.2, 0) is 0 Å². The molecule has 2 aromatic rings. The van der Waals surface area contributed by atoms with Crippen molar-refractivity contribution in [3.8, 4) is 16.9 Å². The normalized spacial score (nSPS) is 19.1. The van der Waals surface area contributed by atoms with Crippen molar-refractivity contribution >= 4 is 0 Å². The molecule has 3 heteroatoms. The molecule has 1 aliphatic rings. The van der Waals surface area contributed by atoms with Crippen LogP contribution in [-0.4, -0.2) is 6.61 Å². The van der Waals surface area contributed by atoms with Gasteiger partial charge < -0.3 is 4.74 Å². The summed E-state index contributed by atoms with van der Waals surface area (Å²) in [6, 6.07) is 11.0. The largest absolute Gasteiger partial charge is 0.486 e. The molecule has 0 heterocycles. The third-order valence-corrected chi connectivity index (χ3v) is 6.16. The van der Waals surface area contributed by atoms with E-state index < -0.39 is 11.6 Å². The molecule has 2 aromatic carbocycles. The van der Waals surface area contributed by atoms with E-state index >= 15 is 0 Å². The molecule has 0 radical (unpaired) electrons. The lowest BCUT2D eigenvalue weighted by molar-refractivity contribution is 0.303. The van der Waals surface area contributed by atoms with Crippen LogP contribution in [0, 0.1) is 17.6 Å². The molecule has 29 heavy (non-hydrogen) atoms. The van der Waals surface area contributed by atoms with Crippen molar-refractivity contribution in [2.24, 2.45) is 5.92 Å². The molecular weight excluding hydrogens is 366 g/mol.